The predicted octanol–water partition coefficient (Wildman–Crippen LogP) is 3.30. The second kappa shape index (κ2) is 11.9. The Kier molecular flexibility index (Phi) is 9.35. The van der Waals surface area contributed by atoms with E-state index in [-0.39, 0.29) is 29.1 Å². The molecule has 1 aliphatic heterocycles. The number of ether oxygens (including phenoxy) is 1. The van der Waals surface area contributed by atoms with Crippen molar-refractivity contribution in [2.45, 2.75) is 72.6 Å². The molecule has 1 aliphatic rings. The Morgan fingerprint density at radius 2 is 1.53 bits per heavy atom. The fraction of sp³-hybridized carbons (Fsp3) is 0.630. The number of nitrogens with one attached hydrogen (secondary N) is 1. The highest BCUT2D eigenvalue weighted by Gasteiger charge is 2.26. The third-order valence-corrected chi connectivity index (χ3v) is 8.12. The lowest BCUT2D eigenvalue weighted by atomic mass is 10.0. The topological polar surface area (TPSA) is 106 Å². The van der Waals surface area contributed by atoms with Crippen molar-refractivity contribution in [3.05, 3.63) is 51.2 Å². The number of sulfonamides is 1. The highest BCUT2D eigenvalue weighted by Crippen LogP contribution is 2.24. The molecule has 0 amide bonds. The zero-order valence-corrected chi connectivity index (χ0v) is 24.5. The van der Waals surface area contributed by atoms with Crippen molar-refractivity contribution >= 4 is 21.5 Å². The lowest BCUT2D eigenvalue weighted by Crippen LogP contribution is -2.51. The van der Waals surface area contributed by atoms with Gasteiger partial charge < -0.3 is 9.64 Å². The van der Waals surface area contributed by atoms with E-state index < -0.39 is 15.6 Å². The van der Waals surface area contributed by atoms with Gasteiger partial charge in [-0.25, -0.2) is 13.2 Å². The van der Waals surface area contributed by atoms with Crippen LogP contribution in [0.5, 0.6) is 5.75 Å². The van der Waals surface area contributed by atoms with Crippen LogP contribution in [-0.2, 0) is 10.0 Å². The van der Waals surface area contributed by atoms with E-state index in [0.29, 0.717) is 17.3 Å². The van der Waals surface area contributed by atoms with Gasteiger partial charge in [-0.05, 0) is 79.2 Å². The Morgan fingerprint density at radius 3 is 2.05 bits per heavy atom. The molecule has 212 valence electrons. The summed E-state index contributed by atoms with van der Waals surface area (Å²) in [4.78, 5) is 30.3. The number of hydrogen-bond donors (Lipinski definition) is 1. The van der Waals surface area contributed by atoms with Crippen molar-refractivity contribution in [1.29, 1.82) is 0 Å². The number of nitrogens with zero attached hydrogens (tertiary/aromatic N) is 4. The van der Waals surface area contributed by atoms with E-state index in [0.717, 1.165) is 39.1 Å². The first kappa shape index (κ1) is 29.8. The van der Waals surface area contributed by atoms with Crippen LogP contribution in [0.15, 0.2) is 39.9 Å². The van der Waals surface area contributed by atoms with Gasteiger partial charge in [0.1, 0.15) is 17.2 Å². The normalized spacial score (nSPS) is 15.3. The van der Waals surface area contributed by atoms with Gasteiger partial charge in [0.25, 0.3) is 5.56 Å². The van der Waals surface area contributed by atoms with Gasteiger partial charge >= 0.3 is 5.69 Å². The van der Waals surface area contributed by atoms with Gasteiger partial charge in [-0.15, -0.1) is 0 Å². The Labute approximate surface area is 226 Å². The molecule has 38 heavy (non-hydrogen) atoms. The van der Waals surface area contributed by atoms with Gasteiger partial charge in [0, 0.05) is 56.6 Å². The molecule has 1 fully saturated rings. The van der Waals surface area contributed by atoms with Crippen molar-refractivity contribution in [1.82, 2.24) is 14.0 Å². The molecule has 2 heterocycles. The fourth-order valence-corrected chi connectivity index (χ4v) is 5.24. The van der Waals surface area contributed by atoms with Gasteiger partial charge in [0.2, 0.25) is 10.0 Å². The third kappa shape index (κ3) is 7.41. The minimum Gasteiger partial charge on any atom is -0.488 e. The summed E-state index contributed by atoms with van der Waals surface area (Å²) >= 11 is 0. The van der Waals surface area contributed by atoms with Crippen LogP contribution in [0.3, 0.4) is 0 Å². The van der Waals surface area contributed by atoms with Gasteiger partial charge in [0.05, 0.1) is 5.75 Å². The maximum absolute atomic E-state index is 13.1. The molecule has 10 nitrogen and oxygen atoms in total. The van der Waals surface area contributed by atoms with E-state index in [1.54, 1.807) is 41.8 Å². The van der Waals surface area contributed by atoms with Crippen LogP contribution in [0.4, 0.5) is 11.5 Å². The fourth-order valence-electron chi connectivity index (χ4n) is 4.60. The zero-order chi connectivity index (χ0) is 28.3. The molecule has 1 aromatic carbocycles. The van der Waals surface area contributed by atoms with Crippen LogP contribution >= 0.6 is 0 Å². The Morgan fingerprint density at radius 1 is 0.947 bits per heavy atom. The van der Waals surface area contributed by atoms with Crippen molar-refractivity contribution in [3.63, 3.8) is 0 Å². The minimum absolute atomic E-state index is 0.0209. The Hall–Kier alpha value is -2.79. The summed E-state index contributed by atoms with van der Waals surface area (Å²) in [6.45, 7) is 17.3. The van der Waals surface area contributed by atoms with Crippen molar-refractivity contribution in [2.24, 2.45) is 0 Å². The highest BCUT2D eigenvalue weighted by molar-refractivity contribution is 7.92. The first-order chi connectivity index (χ1) is 17.7. The lowest BCUT2D eigenvalue weighted by molar-refractivity contribution is 0.0821. The van der Waals surface area contributed by atoms with Crippen LogP contribution in [0.2, 0.25) is 0 Å². The molecule has 1 N–H and O–H groups in total. The summed E-state index contributed by atoms with van der Waals surface area (Å²) in [7, 11) is -3.31. The van der Waals surface area contributed by atoms with E-state index in [2.05, 4.69) is 14.5 Å². The van der Waals surface area contributed by atoms with Crippen molar-refractivity contribution in [3.8, 4) is 5.75 Å². The average Bonchev–Trinajstić information content (AvgIpc) is 2.83. The van der Waals surface area contributed by atoms with Gasteiger partial charge in [-0.2, -0.15) is 0 Å². The quantitative estimate of drug-likeness (QED) is 0.458. The molecule has 0 aliphatic carbocycles. The van der Waals surface area contributed by atoms with Crippen LogP contribution < -0.4 is 25.6 Å². The van der Waals surface area contributed by atoms with E-state index in [1.807, 2.05) is 41.5 Å². The van der Waals surface area contributed by atoms with E-state index in [4.69, 9.17) is 4.74 Å². The second-order valence-corrected chi connectivity index (χ2v) is 13.0. The monoisotopic (exact) mass is 549 g/mol. The minimum atomic E-state index is -3.31. The molecule has 1 saturated heterocycles. The summed E-state index contributed by atoms with van der Waals surface area (Å²) in [5.41, 5.74) is -0.413. The predicted molar refractivity (Wildman–Crippen MR) is 153 cm³/mol. The highest BCUT2D eigenvalue weighted by atomic mass is 32.2. The standard InChI is InChI=1S/C27H43N5O5S/c1-8-38(35,36)28-22-9-11-23(12-10-22)37-27(6,7)13-14-29-15-17-30(18-16-29)24-19-25(33)32(21(4)5)26(34)31(24)20(2)3/h9-12,19-21,28H,8,13-18H2,1-7H3. The summed E-state index contributed by atoms with van der Waals surface area (Å²) in [6.07, 6.45) is 0.804. The molecule has 0 bridgehead atoms. The third-order valence-electron chi connectivity index (χ3n) is 6.81. The summed E-state index contributed by atoms with van der Waals surface area (Å²) in [6, 6.07) is 8.31. The molecule has 3 rings (SSSR count). The van der Waals surface area contributed by atoms with E-state index in [9.17, 15) is 18.0 Å². The van der Waals surface area contributed by atoms with Crippen LogP contribution in [-0.4, -0.2) is 66.5 Å². The molecule has 11 heteroatoms. The molecule has 0 atom stereocenters. The number of rotatable bonds is 11. The second-order valence-electron chi connectivity index (χ2n) is 11.0. The smallest absolute Gasteiger partial charge is 0.333 e. The number of benzene rings is 1. The molecule has 2 aromatic rings. The number of anilines is 2. The van der Waals surface area contributed by atoms with Gasteiger partial charge in [-0.3, -0.25) is 23.6 Å². The van der Waals surface area contributed by atoms with Crippen LogP contribution in [0.1, 0.15) is 67.0 Å². The van der Waals surface area contributed by atoms with Gasteiger partial charge in [0.15, 0.2) is 0 Å². The molecule has 0 radical (unpaired) electrons. The summed E-state index contributed by atoms with van der Waals surface area (Å²) in [5.74, 6) is 1.40. The SMILES string of the molecule is CCS(=O)(=O)Nc1ccc(OC(C)(C)CCN2CCN(c3cc(=O)n(C(C)C)c(=O)n3C(C)C)CC2)cc1. The Balaban J connectivity index is 1.58. The van der Waals surface area contributed by atoms with Crippen LogP contribution in [0.25, 0.3) is 0 Å². The Bertz CT molecular complexity index is 1300. The number of piperazine rings is 1. The van der Waals surface area contributed by atoms with E-state index in [1.165, 1.54) is 4.57 Å². The average molecular weight is 550 g/mol. The lowest BCUT2D eigenvalue weighted by Gasteiger charge is -2.38. The summed E-state index contributed by atoms with van der Waals surface area (Å²) in [5, 5.41) is 0. The molecular weight excluding hydrogens is 506 g/mol. The maximum atomic E-state index is 13.1. The van der Waals surface area contributed by atoms with Crippen LogP contribution in [0, 0.1) is 0 Å². The molecule has 1 aromatic heterocycles. The maximum Gasteiger partial charge on any atom is 0.333 e. The molecule has 0 spiro atoms. The van der Waals surface area contributed by atoms with Gasteiger partial charge in [-0.1, -0.05) is 0 Å². The first-order valence-electron chi connectivity index (χ1n) is 13.4. The summed E-state index contributed by atoms with van der Waals surface area (Å²) < 4.78 is 35.3. The first-order valence-corrected chi connectivity index (χ1v) is 15.0. The number of hydrogen-bond acceptors (Lipinski definition) is 7. The van der Waals surface area contributed by atoms with E-state index >= 15 is 0 Å². The number of aromatic nitrogens is 2. The zero-order valence-electron chi connectivity index (χ0n) is 23.7. The van der Waals surface area contributed by atoms with Crippen molar-refractivity contribution < 1.29 is 13.2 Å². The largest absolute Gasteiger partial charge is 0.488 e. The molecular formula is C27H43N5O5S. The molecule has 0 saturated carbocycles. The van der Waals surface area contributed by atoms with Crippen molar-refractivity contribution in [2.75, 3.05) is 48.1 Å². The molecule has 0 unspecified atom stereocenters.